The van der Waals surface area contributed by atoms with E-state index in [2.05, 4.69) is 15.5 Å². The van der Waals surface area contributed by atoms with Crippen molar-refractivity contribution in [2.75, 3.05) is 13.1 Å². The molecule has 28 heavy (non-hydrogen) atoms. The number of nitrogens with one attached hydrogen (secondary N) is 1. The van der Waals surface area contributed by atoms with Gasteiger partial charge in [-0.15, -0.1) is 0 Å². The number of hydrogen-bond donors (Lipinski definition) is 1. The van der Waals surface area contributed by atoms with Crippen molar-refractivity contribution in [2.24, 2.45) is 0 Å². The second-order valence-electron chi connectivity index (χ2n) is 8.28. The van der Waals surface area contributed by atoms with Crippen LogP contribution in [-0.4, -0.2) is 39.0 Å². The number of amides is 1. The van der Waals surface area contributed by atoms with Gasteiger partial charge in [0.1, 0.15) is 5.82 Å². The van der Waals surface area contributed by atoms with E-state index in [1.54, 1.807) is 0 Å². The Labute approximate surface area is 164 Å². The molecule has 7 heteroatoms. The molecule has 2 aliphatic heterocycles. The normalized spacial score (nSPS) is 23.0. The van der Waals surface area contributed by atoms with Gasteiger partial charge in [-0.1, -0.05) is 24.4 Å². The van der Waals surface area contributed by atoms with Crippen molar-refractivity contribution in [2.45, 2.75) is 69.9 Å². The maximum Gasteiger partial charge on any atom is 0.292 e. The molecule has 2 aromatic heterocycles. The van der Waals surface area contributed by atoms with Crippen molar-refractivity contribution in [1.29, 1.82) is 0 Å². The zero-order valence-electron chi connectivity index (χ0n) is 16.2. The summed E-state index contributed by atoms with van der Waals surface area (Å²) in [6.45, 7) is 2.22. The Morgan fingerprint density at radius 1 is 1.18 bits per heavy atom. The Balaban J connectivity index is 1.28. The summed E-state index contributed by atoms with van der Waals surface area (Å²) >= 11 is 0. The molecule has 1 saturated carbocycles. The Bertz CT molecular complexity index is 852. The van der Waals surface area contributed by atoms with E-state index in [9.17, 15) is 4.79 Å². The number of aromatic nitrogens is 3. The van der Waals surface area contributed by atoms with Crippen LogP contribution in [0.2, 0.25) is 0 Å². The van der Waals surface area contributed by atoms with E-state index in [0.717, 1.165) is 55.0 Å². The fourth-order valence-electron chi connectivity index (χ4n) is 4.71. The first kappa shape index (κ1) is 17.8. The van der Waals surface area contributed by atoms with Gasteiger partial charge in [-0.25, -0.2) is 9.97 Å². The monoisotopic (exact) mass is 381 g/mol. The van der Waals surface area contributed by atoms with Crippen molar-refractivity contribution in [1.82, 2.24) is 25.3 Å². The largest absolute Gasteiger partial charge is 0.351 e. The van der Waals surface area contributed by atoms with Crippen LogP contribution in [0.3, 0.4) is 0 Å². The van der Waals surface area contributed by atoms with Crippen LogP contribution in [0, 0.1) is 0 Å². The molecular weight excluding hydrogens is 354 g/mol. The van der Waals surface area contributed by atoms with E-state index in [0.29, 0.717) is 24.8 Å². The van der Waals surface area contributed by atoms with Crippen molar-refractivity contribution >= 4 is 5.91 Å². The molecule has 2 aromatic rings. The van der Waals surface area contributed by atoms with Crippen LogP contribution in [0.25, 0.3) is 0 Å². The average Bonchev–Trinajstić information content (AvgIpc) is 3.45. The van der Waals surface area contributed by atoms with Gasteiger partial charge >= 0.3 is 0 Å². The van der Waals surface area contributed by atoms with Crippen LogP contribution in [-0.2, 0) is 13.0 Å². The minimum Gasteiger partial charge on any atom is -0.351 e. The van der Waals surface area contributed by atoms with Crippen LogP contribution in [0.5, 0.6) is 0 Å². The van der Waals surface area contributed by atoms with Crippen LogP contribution in [0.1, 0.15) is 90.2 Å². The minimum absolute atomic E-state index is 0.0817. The van der Waals surface area contributed by atoms with Crippen molar-refractivity contribution < 1.29 is 9.32 Å². The molecule has 1 atom stereocenters. The molecule has 148 valence electrons. The third-order valence-electron chi connectivity index (χ3n) is 6.37. The molecular formula is C21H27N5O2. The summed E-state index contributed by atoms with van der Waals surface area (Å²) in [7, 11) is 0. The summed E-state index contributed by atoms with van der Waals surface area (Å²) in [6, 6.07) is 2.14. The molecule has 1 aliphatic carbocycles. The molecule has 7 nitrogen and oxygen atoms in total. The Morgan fingerprint density at radius 3 is 2.89 bits per heavy atom. The zero-order valence-corrected chi connectivity index (χ0v) is 16.2. The fourth-order valence-corrected chi connectivity index (χ4v) is 4.71. The highest BCUT2D eigenvalue weighted by Gasteiger charge is 2.28. The molecule has 4 heterocycles. The molecule has 0 aromatic carbocycles. The van der Waals surface area contributed by atoms with Crippen LogP contribution >= 0.6 is 0 Å². The molecule has 0 spiro atoms. The number of carbonyl (C=O) groups excluding carboxylic acids is 1. The lowest BCUT2D eigenvalue weighted by atomic mass is 9.87. The van der Waals surface area contributed by atoms with Gasteiger partial charge in [-0.05, 0) is 32.2 Å². The second-order valence-corrected chi connectivity index (χ2v) is 8.28. The number of nitrogens with zero attached hydrogens (tertiary/aromatic N) is 4. The van der Waals surface area contributed by atoms with E-state index in [1.165, 1.54) is 25.7 Å². The molecule has 0 unspecified atom stereocenters. The Kier molecular flexibility index (Phi) is 4.84. The lowest BCUT2D eigenvalue weighted by Gasteiger charge is -2.27. The first-order valence-electron chi connectivity index (χ1n) is 10.6. The summed E-state index contributed by atoms with van der Waals surface area (Å²) in [5.74, 6) is 1.61. The van der Waals surface area contributed by atoms with Gasteiger partial charge < -0.3 is 14.7 Å². The summed E-state index contributed by atoms with van der Waals surface area (Å²) in [5, 5.41) is 7.65. The standard InChI is InChI=1S/C21H27N5O2/c27-21(19-11-18(25-28-19)14-5-2-1-3-6-14)26-10-8-16-15(13-26)12-23-20(24-16)17-7-4-9-22-17/h11-12,14,17,22H,1-10,13H2/t17-/m0/s1. The van der Waals surface area contributed by atoms with E-state index in [1.807, 2.05) is 17.2 Å². The maximum atomic E-state index is 12.9. The third-order valence-corrected chi connectivity index (χ3v) is 6.37. The van der Waals surface area contributed by atoms with Crippen molar-refractivity contribution in [3.05, 3.63) is 40.8 Å². The van der Waals surface area contributed by atoms with E-state index < -0.39 is 0 Å². The Morgan fingerprint density at radius 2 is 2.07 bits per heavy atom. The van der Waals surface area contributed by atoms with E-state index in [4.69, 9.17) is 9.51 Å². The molecule has 0 bridgehead atoms. The molecule has 5 rings (SSSR count). The SMILES string of the molecule is O=C(c1cc(C2CCCCC2)no1)N1CCc2nc([C@@H]3CCCN3)ncc2C1. The lowest BCUT2D eigenvalue weighted by Crippen LogP contribution is -2.36. The van der Waals surface area contributed by atoms with Gasteiger partial charge in [0.25, 0.3) is 5.91 Å². The highest BCUT2D eigenvalue weighted by Crippen LogP contribution is 2.32. The van der Waals surface area contributed by atoms with Crippen molar-refractivity contribution in [3.63, 3.8) is 0 Å². The minimum atomic E-state index is -0.0817. The quantitative estimate of drug-likeness (QED) is 0.879. The van der Waals surface area contributed by atoms with Gasteiger partial charge in [-0.3, -0.25) is 4.79 Å². The Hall–Kier alpha value is -2.28. The fraction of sp³-hybridized carbons (Fsp3) is 0.619. The average molecular weight is 381 g/mol. The smallest absolute Gasteiger partial charge is 0.292 e. The van der Waals surface area contributed by atoms with Gasteiger partial charge in [0.2, 0.25) is 5.76 Å². The van der Waals surface area contributed by atoms with Gasteiger partial charge in [0.05, 0.1) is 17.4 Å². The predicted molar refractivity (Wildman–Crippen MR) is 103 cm³/mol. The molecule has 1 amide bonds. The van der Waals surface area contributed by atoms with Crippen LogP contribution in [0.15, 0.2) is 16.8 Å². The summed E-state index contributed by atoms with van der Waals surface area (Å²) in [5.41, 5.74) is 3.05. The number of rotatable bonds is 3. The van der Waals surface area contributed by atoms with Gasteiger partial charge in [0, 0.05) is 43.3 Å². The predicted octanol–water partition coefficient (Wildman–Crippen LogP) is 3.14. The first-order valence-corrected chi connectivity index (χ1v) is 10.6. The highest BCUT2D eigenvalue weighted by molar-refractivity contribution is 5.91. The molecule has 0 radical (unpaired) electrons. The van der Waals surface area contributed by atoms with E-state index in [-0.39, 0.29) is 11.9 Å². The topological polar surface area (TPSA) is 84.2 Å². The molecule has 3 aliphatic rings. The third kappa shape index (κ3) is 3.43. The summed E-state index contributed by atoms with van der Waals surface area (Å²) in [6.07, 6.45) is 11.0. The van der Waals surface area contributed by atoms with Crippen molar-refractivity contribution in [3.8, 4) is 0 Å². The summed E-state index contributed by atoms with van der Waals surface area (Å²) < 4.78 is 5.43. The van der Waals surface area contributed by atoms with E-state index >= 15 is 0 Å². The molecule has 2 fully saturated rings. The van der Waals surface area contributed by atoms with Gasteiger partial charge in [0.15, 0.2) is 0 Å². The number of fused-ring (bicyclic) bond motifs is 1. The zero-order chi connectivity index (χ0) is 18.9. The molecule has 1 saturated heterocycles. The summed E-state index contributed by atoms with van der Waals surface area (Å²) in [4.78, 5) is 24.1. The number of hydrogen-bond acceptors (Lipinski definition) is 6. The first-order chi connectivity index (χ1) is 13.8. The highest BCUT2D eigenvalue weighted by atomic mass is 16.5. The number of carbonyl (C=O) groups is 1. The van der Waals surface area contributed by atoms with Crippen LogP contribution in [0.4, 0.5) is 0 Å². The second kappa shape index (κ2) is 7.62. The molecule has 1 N–H and O–H groups in total. The van der Waals surface area contributed by atoms with Gasteiger partial charge in [-0.2, -0.15) is 0 Å². The van der Waals surface area contributed by atoms with Crippen LogP contribution < -0.4 is 5.32 Å². The maximum absolute atomic E-state index is 12.9. The lowest BCUT2D eigenvalue weighted by molar-refractivity contribution is 0.0690.